The molecule has 1 unspecified atom stereocenters. The summed E-state index contributed by atoms with van der Waals surface area (Å²) in [6, 6.07) is 7.80. The van der Waals surface area contributed by atoms with Crippen LogP contribution in [0.15, 0.2) is 18.2 Å². The molecule has 0 bridgehead atoms. The molecule has 0 heterocycles. The summed E-state index contributed by atoms with van der Waals surface area (Å²) >= 11 is 1.94. The van der Waals surface area contributed by atoms with Gasteiger partial charge in [0.1, 0.15) is 0 Å². The van der Waals surface area contributed by atoms with E-state index >= 15 is 0 Å². The smallest absolute Gasteiger partial charge is 0.0992 e. The molecule has 3 N–H and O–H groups in total. The Kier molecular flexibility index (Phi) is 5.71. The summed E-state index contributed by atoms with van der Waals surface area (Å²) in [5, 5.41) is 12.2. The second kappa shape index (κ2) is 7.08. The number of nitriles is 1. The first-order valence-corrected chi connectivity index (χ1v) is 6.96. The number of nitrogens with two attached hydrogens (primary N) is 1. The normalized spacial score (nSPS) is 11.8. The Morgan fingerprint density at radius 2 is 2.29 bits per heavy atom. The zero-order valence-electron chi connectivity index (χ0n) is 10.4. The monoisotopic (exact) mass is 249 g/mol. The molecule has 0 saturated heterocycles. The third-order valence-corrected chi connectivity index (χ3v) is 3.42. The Balaban J connectivity index is 2.58. The third-order valence-electron chi connectivity index (χ3n) is 2.48. The van der Waals surface area contributed by atoms with Crippen molar-refractivity contribution in [1.82, 2.24) is 0 Å². The SMILES string of the molecule is CCSCCC(C)Nc1cc(C#N)ccc1N. The quantitative estimate of drug-likeness (QED) is 0.601. The van der Waals surface area contributed by atoms with Crippen LogP contribution in [-0.2, 0) is 0 Å². The van der Waals surface area contributed by atoms with Crippen molar-refractivity contribution in [2.75, 3.05) is 22.6 Å². The van der Waals surface area contributed by atoms with E-state index in [1.165, 1.54) is 0 Å². The van der Waals surface area contributed by atoms with Crippen LogP contribution >= 0.6 is 11.8 Å². The van der Waals surface area contributed by atoms with Gasteiger partial charge in [-0.05, 0) is 43.0 Å². The molecule has 1 rings (SSSR count). The lowest BCUT2D eigenvalue weighted by Gasteiger charge is -2.16. The van der Waals surface area contributed by atoms with Gasteiger partial charge in [-0.15, -0.1) is 0 Å². The molecule has 92 valence electrons. The Morgan fingerprint density at radius 1 is 1.53 bits per heavy atom. The first-order valence-electron chi connectivity index (χ1n) is 5.81. The second-order valence-corrected chi connectivity index (χ2v) is 5.34. The van der Waals surface area contributed by atoms with E-state index in [-0.39, 0.29) is 0 Å². The third kappa shape index (κ3) is 4.58. The van der Waals surface area contributed by atoms with E-state index in [0.29, 0.717) is 17.3 Å². The summed E-state index contributed by atoms with van der Waals surface area (Å²) in [6.45, 7) is 4.30. The highest BCUT2D eigenvalue weighted by atomic mass is 32.2. The summed E-state index contributed by atoms with van der Waals surface area (Å²) < 4.78 is 0. The average Bonchev–Trinajstić information content (AvgIpc) is 2.32. The molecule has 3 nitrogen and oxygen atoms in total. The number of hydrogen-bond donors (Lipinski definition) is 2. The standard InChI is InChI=1S/C13H19N3S/c1-3-17-7-6-10(2)16-13-8-11(9-14)4-5-12(13)15/h4-5,8,10,16H,3,6-7,15H2,1-2H3. The largest absolute Gasteiger partial charge is 0.397 e. The maximum atomic E-state index is 8.84. The number of benzene rings is 1. The summed E-state index contributed by atoms with van der Waals surface area (Å²) in [7, 11) is 0. The lowest BCUT2D eigenvalue weighted by molar-refractivity contribution is 0.772. The van der Waals surface area contributed by atoms with E-state index in [1.54, 1.807) is 18.2 Å². The maximum Gasteiger partial charge on any atom is 0.0992 e. The lowest BCUT2D eigenvalue weighted by Crippen LogP contribution is -2.17. The molecule has 0 radical (unpaired) electrons. The number of nitrogens with zero attached hydrogens (tertiary/aromatic N) is 1. The Morgan fingerprint density at radius 3 is 2.94 bits per heavy atom. The van der Waals surface area contributed by atoms with Crippen LogP contribution in [0, 0.1) is 11.3 Å². The fraction of sp³-hybridized carbons (Fsp3) is 0.462. The minimum absolute atomic E-state index is 0.366. The molecule has 1 aromatic rings. The van der Waals surface area contributed by atoms with Crippen LogP contribution < -0.4 is 11.1 Å². The van der Waals surface area contributed by atoms with Gasteiger partial charge in [0.2, 0.25) is 0 Å². The van der Waals surface area contributed by atoms with Gasteiger partial charge in [0, 0.05) is 6.04 Å². The van der Waals surface area contributed by atoms with Crippen molar-refractivity contribution in [1.29, 1.82) is 5.26 Å². The fourth-order valence-corrected chi connectivity index (χ4v) is 2.30. The van der Waals surface area contributed by atoms with Gasteiger partial charge in [0.25, 0.3) is 0 Å². The first-order chi connectivity index (χ1) is 8.17. The molecule has 4 heteroatoms. The summed E-state index contributed by atoms with van der Waals surface area (Å²) in [6.07, 6.45) is 1.09. The molecular formula is C13H19N3S. The van der Waals surface area contributed by atoms with Crippen LogP contribution in [0.25, 0.3) is 0 Å². The van der Waals surface area contributed by atoms with Crippen molar-refractivity contribution in [3.8, 4) is 6.07 Å². The van der Waals surface area contributed by atoms with Gasteiger partial charge in [-0.3, -0.25) is 0 Å². The number of nitrogens with one attached hydrogen (secondary N) is 1. The molecule has 0 aromatic heterocycles. The molecule has 1 atom stereocenters. The van der Waals surface area contributed by atoms with Crippen molar-refractivity contribution < 1.29 is 0 Å². The Hall–Kier alpha value is -1.34. The topological polar surface area (TPSA) is 61.8 Å². The molecule has 0 aliphatic heterocycles. The Bertz CT molecular complexity index is 398. The number of thioether (sulfide) groups is 1. The minimum atomic E-state index is 0.366. The van der Waals surface area contributed by atoms with Crippen molar-refractivity contribution in [2.24, 2.45) is 0 Å². The molecule has 0 saturated carbocycles. The van der Waals surface area contributed by atoms with Crippen LogP contribution in [0.2, 0.25) is 0 Å². The van der Waals surface area contributed by atoms with E-state index in [2.05, 4.69) is 25.2 Å². The second-order valence-electron chi connectivity index (χ2n) is 3.94. The Labute approximate surface area is 107 Å². The van der Waals surface area contributed by atoms with Gasteiger partial charge >= 0.3 is 0 Å². The molecule has 0 spiro atoms. The molecule has 0 fully saturated rings. The van der Waals surface area contributed by atoms with E-state index in [0.717, 1.165) is 23.6 Å². The van der Waals surface area contributed by atoms with E-state index in [1.807, 2.05) is 11.8 Å². The number of anilines is 2. The first kappa shape index (κ1) is 13.7. The molecular weight excluding hydrogens is 230 g/mol. The predicted molar refractivity (Wildman–Crippen MR) is 76.3 cm³/mol. The molecule has 0 amide bonds. The predicted octanol–water partition coefficient (Wildman–Crippen LogP) is 3.08. The lowest BCUT2D eigenvalue weighted by atomic mass is 10.1. The van der Waals surface area contributed by atoms with Crippen LogP contribution in [-0.4, -0.2) is 17.5 Å². The van der Waals surface area contributed by atoms with E-state index < -0.39 is 0 Å². The molecule has 1 aromatic carbocycles. The van der Waals surface area contributed by atoms with Crippen molar-refractivity contribution in [3.05, 3.63) is 23.8 Å². The summed E-state index contributed by atoms with van der Waals surface area (Å²) in [5.74, 6) is 2.29. The summed E-state index contributed by atoms with van der Waals surface area (Å²) in [5.41, 5.74) is 8.06. The maximum absolute atomic E-state index is 8.84. The number of nitrogen functional groups attached to an aromatic ring is 1. The highest BCUT2D eigenvalue weighted by Gasteiger charge is 2.05. The van der Waals surface area contributed by atoms with Gasteiger partial charge < -0.3 is 11.1 Å². The highest BCUT2D eigenvalue weighted by Crippen LogP contribution is 2.21. The van der Waals surface area contributed by atoms with Crippen molar-refractivity contribution >= 4 is 23.1 Å². The van der Waals surface area contributed by atoms with Crippen LogP contribution in [0.3, 0.4) is 0 Å². The van der Waals surface area contributed by atoms with Gasteiger partial charge in [0.05, 0.1) is 23.0 Å². The zero-order valence-corrected chi connectivity index (χ0v) is 11.2. The van der Waals surface area contributed by atoms with Crippen LogP contribution in [0.1, 0.15) is 25.8 Å². The fourth-order valence-electron chi connectivity index (χ4n) is 1.49. The number of rotatable bonds is 6. The molecule has 0 aliphatic rings. The highest BCUT2D eigenvalue weighted by molar-refractivity contribution is 7.99. The zero-order chi connectivity index (χ0) is 12.7. The van der Waals surface area contributed by atoms with E-state index in [9.17, 15) is 0 Å². The number of hydrogen-bond acceptors (Lipinski definition) is 4. The van der Waals surface area contributed by atoms with E-state index in [4.69, 9.17) is 11.0 Å². The van der Waals surface area contributed by atoms with Gasteiger partial charge in [-0.1, -0.05) is 6.92 Å². The molecule has 17 heavy (non-hydrogen) atoms. The molecule has 0 aliphatic carbocycles. The summed E-state index contributed by atoms with van der Waals surface area (Å²) in [4.78, 5) is 0. The van der Waals surface area contributed by atoms with Crippen LogP contribution in [0.4, 0.5) is 11.4 Å². The van der Waals surface area contributed by atoms with Gasteiger partial charge in [0.15, 0.2) is 0 Å². The van der Waals surface area contributed by atoms with Gasteiger partial charge in [-0.2, -0.15) is 17.0 Å². The van der Waals surface area contributed by atoms with Gasteiger partial charge in [-0.25, -0.2) is 0 Å². The van der Waals surface area contributed by atoms with Crippen molar-refractivity contribution in [3.63, 3.8) is 0 Å². The minimum Gasteiger partial charge on any atom is -0.397 e. The van der Waals surface area contributed by atoms with Crippen LogP contribution in [0.5, 0.6) is 0 Å². The van der Waals surface area contributed by atoms with Crippen molar-refractivity contribution in [2.45, 2.75) is 26.3 Å². The average molecular weight is 249 g/mol.